The zero-order valence-electron chi connectivity index (χ0n) is 18.3. The monoisotopic (exact) mass is 468 g/mol. The van der Waals surface area contributed by atoms with Crippen LogP contribution in [0.1, 0.15) is 0 Å². The minimum absolute atomic E-state index is 1.20. The van der Waals surface area contributed by atoms with Crippen molar-refractivity contribution in [2.75, 3.05) is 0 Å². The molecule has 0 unspecified atom stereocenters. The Hall–Kier alpha value is -4.26. The van der Waals surface area contributed by atoms with E-state index in [0.29, 0.717) is 0 Å². The Labute approximate surface area is 197 Å². The van der Waals surface area contributed by atoms with Gasteiger partial charge in [0.2, 0.25) is 16.6 Å². The number of pyridine rings is 4. The number of hydrogen-bond donors (Lipinski definition) is 0. The molecule has 3 aromatic carbocycles. The highest BCUT2D eigenvalue weighted by Crippen LogP contribution is 2.36. The van der Waals surface area contributed by atoms with Crippen molar-refractivity contribution in [3.05, 3.63) is 103 Å². The summed E-state index contributed by atoms with van der Waals surface area (Å²) in [4.78, 5) is 4.62. The van der Waals surface area contributed by atoms with Gasteiger partial charge in [0, 0.05) is 35.3 Å². The van der Waals surface area contributed by atoms with Gasteiger partial charge in [-0.15, -0.1) is 0 Å². The predicted molar refractivity (Wildman–Crippen MR) is 134 cm³/mol. The molecule has 0 aliphatic rings. The molecule has 2 nitrogen and oxygen atoms in total. The fraction of sp³-hybridized carbons (Fsp3) is 0. The van der Waals surface area contributed by atoms with E-state index >= 15 is 0 Å². The molecule has 0 aliphatic heterocycles. The van der Waals surface area contributed by atoms with E-state index in [0.717, 1.165) is 0 Å². The first-order valence-corrected chi connectivity index (χ1v) is 11.1. The molecule has 0 N–H and O–H groups in total. The second-order valence-corrected chi connectivity index (χ2v) is 8.39. The Morgan fingerprint density at radius 2 is 0.943 bits per heavy atom. The average Bonchev–Trinajstić information content (AvgIpc) is 2.87. The van der Waals surface area contributed by atoms with Crippen LogP contribution in [0.5, 0.6) is 0 Å². The molecule has 35 heavy (non-hydrogen) atoms. The van der Waals surface area contributed by atoms with E-state index < -0.39 is 7.25 Å². The van der Waals surface area contributed by atoms with Gasteiger partial charge in [0.05, 0.1) is 21.5 Å². The fourth-order valence-electron chi connectivity index (χ4n) is 5.00. The molecule has 0 saturated carbocycles. The molecule has 170 valence electrons. The molecular formula is C28H17BF4N2. The minimum Gasteiger partial charge on any atom is -0.418 e. The Morgan fingerprint density at radius 3 is 1.43 bits per heavy atom. The normalized spacial score (nSPS) is 12.0. The number of benzene rings is 3. The SMILES string of the molecule is F[B-](F)(F)F.c1ccc(-c2cc3c4ccccc4c4cncc5c6ccccc6c(c2)[n+]3c45)cc1. The van der Waals surface area contributed by atoms with Crippen molar-refractivity contribution < 1.29 is 21.7 Å². The first kappa shape index (κ1) is 21.3. The second kappa shape index (κ2) is 7.91. The molecule has 0 aliphatic carbocycles. The van der Waals surface area contributed by atoms with Crippen LogP contribution in [-0.4, -0.2) is 12.2 Å². The molecule has 0 saturated heterocycles. The van der Waals surface area contributed by atoms with E-state index in [1.807, 2.05) is 12.4 Å². The number of halogens is 4. The van der Waals surface area contributed by atoms with E-state index in [2.05, 4.69) is 100 Å². The highest BCUT2D eigenvalue weighted by atomic mass is 19.5. The minimum atomic E-state index is -6.00. The smallest absolute Gasteiger partial charge is 0.418 e. The topological polar surface area (TPSA) is 17.0 Å². The standard InChI is InChI=1S/C28H17N2.BF4/c1-2-8-18(9-3-1)19-14-26-22-12-6-4-10-20(22)24-16-29-17-25-21-11-5-7-13-23(21)27(15-19)30(26)28(24)25;2-1(3,4)5/h1-17H;/q+1;-1. The molecule has 4 heterocycles. The van der Waals surface area contributed by atoms with Crippen molar-refractivity contribution in [1.29, 1.82) is 0 Å². The summed E-state index contributed by atoms with van der Waals surface area (Å²) in [6, 6.07) is 32.7. The van der Waals surface area contributed by atoms with Crippen molar-refractivity contribution >= 4 is 56.1 Å². The maximum absolute atomic E-state index is 9.75. The van der Waals surface area contributed by atoms with Gasteiger partial charge < -0.3 is 17.3 Å². The Kier molecular flexibility index (Phi) is 4.81. The summed E-state index contributed by atoms with van der Waals surface area (Å²) in [5.41, 5.74) is 6.18. The summed E-state index contributed by atoms with van der Waals surface area (Å²) in [5, 5.41) is 7.40. The molecule has 0 spiro atoms. The summed E-state index contributed by atoms with van der Waals surface area (Å²) in [7, 11) is -6.00. The lowest BCUT2D eigenvalue weighted by Crippen LogP contribution is -2.26. The third kappa shape index (κ3) is 3.60. The third-order valence-corrected chi connectivity index (χ3v) is 6.30. The average molecular weight is 468 g/mol. The van der Waals surface area contributed by atoms with Gasteiger partial charge in [-0.1, -0.05) is 66.7 Å². The summed E-state index contributed by atoms with van der Waals surface area (Å²) in [6.45, 7) is 0. The Morgan fingerprint density at radius 1 is 0.514 bits per heavy atom. The molecular weight excluding hydrogens is 451 g/mol. The van der Waals surface area contributed by atoms with Crippen LogP contribution in [0.15, 0.2) is 103 Å². The van der Waals surface area contributed by atoms with Gasteiger partial charge in [0.15, 0.2) is 0 Å². The van der Waals surface area contributed by atoms with Crippen LogP contribution in [0.25, 0.3) is 60.0 Å². The van der Waals surface area contributed by atoms with Gasteiger partial charge in [-0.3, -0.25) is 4.98 Å². The number of fused-ring (bicyclic) bond motifs is 6. The van der Waals surface area contributed by atoms with Crippen molar-refractivity contribution in [3.8, 4) is 11.1 Å². The first-order valence-electron chi connectivity index (χ1n) is 11.1. The number of nitrogens with zero attached hydrogens (tertiary/aromatic N) is 2. The Bertz CT molecular complexity index is 1740. The maximum atomic E-state index is 9.75. The van der Waals surface area contributed by atoms with Crippen LogP contribution in [-0.2, 0) is 0 Å². The predicted octanol–water partition coefficient (Wildman–Crippen LogP) is 7.84. The molecule has 7 heteroatoms. The summed E-state index contributed by atoms with van der Waals surface area (Å²) in [6.07, 6.45) is 4.02. The molecule has 0 atom stereocenters. The molecule has 0 amide bonds. The highest BCUT2D eigenvalue weighted by molar-refractivity contribution is 6.50. The van der Waals surface area contributed by atoms with Crippen molar-refractivity contribution in [2.45, 2.75) is 0 Å². The van der Waals surface area contributed by atoms with Crippen LogP contribution in [0.4, 0.5) is 17.3 Å². The number of rotatable bonds is 1. The zero-order valence-corrected chi connectivity index (χ0v) is 18.3. The molecule has 7 aromatic rings. The van der Waals surface area contributed by atoms with E-state index in [9.17, 15) is 17.3 Å². The molecule has 4 aromatic heterocycles. The van der Waals surface area contributed by atoms with Gasteiger partial charge in [-0.05, 0) is 23.3 Å². The lowest BCUT2D eigenvalue weighted by Gasteiger charge is -2.12. The molecule has 0 fully saturated rings. The Balaban J connectivity index is 0.000000419. The van der Waals surface area contributed by atoms with Crippen molar-refractivity contribution in [2.24, 2.45) is 0 Å². The van der Waals surface area contributed by atoms with Gasteiger partial charge >= 0.3 is 7.25 Å². The van der Waals surface area contributed by atoms with Crippen molar-refractivity contribution in [3.63, 3.8) is 0 Å². The fourth-order valence-corrected chi connectivity index (χ4v) is 5.00. The van der Waals surface area contributed by atoms with Crippen LogP contribution < -0.4 is 4.40 Å². The van der Waals surface area contributed by atoms with Gasteiger partial charge in [0.25, 0.3) is 0 Å². The van der Waals surface area contributed by atoms with E-state index in [4.69, 9.17) is 0 Å². The van der Waals surface area contributed by atoms with E-state index in [-0.39, 0.29) is 0 Å². The summed E-state index contributed by atoms with van der Waals surface area (Å²) >= 11 is 0. The number of aromatic nitrogens is 2. The first-order chi connectivity index (χ1) is 16.9. The van der Waals surface area contributed by atoms with Crippen LogP contribution >= 0.6 is 0 Å². The second-order valence-electron chi connectivity index (χ2n) is 8.39. The number of hydrogen-bond acceptors (Lipinski definition) is 1. The van der Waals surface area contributed by atoms with Crippen molar-refractivity contribution in [1.82, 2.24) is 4.98 Å². The van der Waals surface area contributed by atoms with Gasteiger partial charge in [-0.25, -0.2) is 0 Å². The zero-order chi connectivity index (χ0) is 24.2. The lowest BCUT2D eigenvalue weighted by atomic mass is 9.96. The molecule has 0 bridgehead atoms. The maximum Gasteiger partial charge on any atom is 0.673 e. The summed E-state index contributed by atoms with van der Waals surface area (Å²) < 4.78 is 41.4. The molecule has 0 radical (unpaired) electrons. The van der Waals surface area contributed by atoms with E-state index in [1.165, 1.54) is 60.0 Å². The van der Waals surface area contributed by atoms with E-state index in [1.54, 1.807) is 0 Å². The molecule has 7 rings (SSSR count). The quantitative estimate of drug-likeness (QED) is 0.0789. The van der Waals surface area contributed by atoms with Crippen LogP contribution in [0.3, 0.4) is 0 Å². The lowest BCUT2D eigenvalue weighted by molar-refractivity contribution is -0.448. The summed E-state index contributed by atoms with van der Waals surface area (Å²) in [5.74, 6) is 0. The van der Waals surface area contributed by atoms with Crippen LogP contribution in [0, 0.1) is 0 Å². The van der Waals surface area contributed by atoms with Gasteiger partial charge in [-0.2, -0.15) is 4.40 Å². The third-order valence-electron chi connectivity index (χ3n) is 6.30. The largest absolute Gasteiger partial charge is 0.673 e. The highest BCUT2D eigenvalue weighted by Gasteiger charge is 2.25. The van der Waals surface area contributed by atoms with Crippen LogP contribution in [0.2, 0.25) is 0 Å². The van der Waals surface area contributed by atoms with Gasteiger partial charge in [0.1, 0.15) is 0 Å².